The summed E-state index contributed by atoms with van der Waals surface area (Å²) in [5.74, 6) is 0.722. The molecule has 3 aromatic rings. The summed E-state index contributed by atoms with van der Waals surface area (Å²) in [7, 11) is 0. The molecule has 0 amide bonds. The van der Waals surface area contributed by atoms with E-state index in [1.807, 2.05) is 71.9 Å². The summed E-state index contributed by atoms with van der Waals surface area (Å²) in [6, 6.07) is 21.5. The molecule has 0 unspecified atom stereocenters. The van der Waals surface area contributed by atoms with Crippen LogP contribution in [0.5, 0.6) is 0 Å². The third-order valence-electron chi connectivity index (χ3n) is 6.31. The van der Waals surface area contributed by atoms with Crippen molar-refractivity contribution >= 4 is 6.21 Å². The fraction of sp³-hybridized carbons (Fsp3) is 0.395. The fourth-order valence-electron chi connectivity index (χ4n) is 4.30. The Balaban J connectivity index is 0.000000715. The average molecular weight is 559 g/mol. The van der Waals surface area contributed by atoms with E-state index in [1.54, 1.807) is 24.6 Å². The number of rotatable bonds is 7. The lowest BCUT2D eigenvalue weighted by atomic mass is 9.89. The summed E-state index contributed by atoms with van der Waals surface area (Å²) in [4.78, 5) is 0.704. The van der Waals surface area contributed by atoms with E-state index in [2.05, 4.69) is 63.3 Å². The first-order valence-electron chi connectivity index (χ1n) is 15.4. The molecule has 1 aliphatic rings. The maximum atomic E-state index is 13.4. The Morgan fingerprint density at radius 1 is 0.829 bits per heavy atom. The van der Waals surface area contributed by atoms with Crippen molar-refractivity contribution < 1.29 is 4.48 Å². The topological polar surface area (TPSA) is 28.8 Å². The van der Waals surface area contributed by atoms with Gasteiger partial charge >= 0.3 is 0 Å². The number of aromatic nitrogens is 1. The van der Waals surface area contributed by atoms with Gasteiger partial charge in [-0.1, -0.05) is 138 Å². The quantitative estimate of drug-likeness (QED) is 0.279. The summed E-state index contributed by atoms with van der Waals surface area (Å²) in [6.45, 7) is 20.4. The van der Waals surface area contributed by atoms with Crippen LogP contribution in [0.4, 0.5) is 4.48 Å². The number of hydrogen-bond donors (Lipinski definition) is 1. The zero-order valence-corrected chi connectivity index (χ0v) is 27.4. The van der Waals surface area contributed by atoms with Gasteiger partial charge in [-0.05, 0) is 79.9 Å². The van der Waals surface area contributed by atoms with Gasteiger partial charge in [0.25, 0.3) is 0 Å². The second kappa shape index (κ2) is 22.3. The van der Waals surface area contributed by atoms with E-state index < -0.39 is 0 Å². The van der Waals surface area contributed by atoms with Crippen molar-refractivity contribution in [2.45, 2.75) is 94.9 Å². The monoisotopic (exact) mass is 558 g/mol. The molecule has 0 saturated heterocycles. The molecule has 1 heterocycles. The van der Waals surface area contributed by atoms with Crippen LogP contribution in [0.15, 0.2) is 102 Å². The van der Waals surface area contributed by atoms with E-state index >= 15 is 0 Å². The first kappa shape index (κ1) is 37.5. The number of allylic oxidation sites excluding steroid dienone is 6. The SMILES string of the molecule is CC.CC.CC.Cc1ccc(-c2ccccc2)n1F.Cc1ccccc1C/C=C(\C=N)C1=CC=C(CC(C)C)CC1. The van der Waals surface area contributed by atoms with Gasteiger partial charge in [0.05, 0.1) is 5.69 Å². The largest absolute Gasteiger partial charge is 0.308 e. The van der Waals surface area contributed by atoms with Gasteiger partial charge in [-0.25, -0.2) is 0 Å². The second-order valence-corrected chi connectivity index (χ2v) is 9.56. The van der Waals surface area contributed by atoms with Crippen LogP contribution < -0.4 is 0 Å². The maximum Gasteiger partial charge on any atom is 0.0815 e. The summed E-state index contributed by atoms with van der Waals surface area (Å²) >= 11 is 0. The molecule has 2 aromatic carbocycles. The Kier molecular flexibility index (Phi) is 20.4. The number of nitrogens with zero attached hydrogens (tertiary/aromatic N) is 1. The zero-order chi connectivity index (χ0) is 31.2. The van der Waals surface area contributed by atoms with Crippen LogP contribution in [0.3, 0.4) is 0 Å². The molecule has 0 bridgehead atoms. The average Bonchev–Trinajstić information content (AvgIpc) is 3.36. The van der Waals surface area contributed by atoms with Crippen molar-refractivity contribution in [3.8, 4) is 11.3 Å². The van der Waals surface area contributed by atoms with E-state index in [-0.39, 0.29) is 0 Å². The Hall–Kier alpha value is -3.46. The standard InChI is InChI=1S/C21H27N.C11H10FN.3C2H6/c1-16(2)14-18-8-10-20(11-9-18)21(15-22)13-12-19-7-5-4-6-17(19)3;1-9-7-8-11(13(9)12)10-5-3-2-4-6-10;3*1-2/h4-8,10,13,15-16,22H,9,11-12,14H2,1-3H3;2-8H,1H3;3*1-2H3/b21-13+,22-15?;;;;. The Bertz CT molecular complexity index is 1210. The highest BCUT2D eigenvalue weighted by Crippen LogP contribution is 2.27. The minimum atomic E-state index is 0.609. The molecular formula is C38H55FN2. The normalized spacial score (nSPS) is 12.0. The van der Waals surface area contributed by atoms with Gasteiger partial charge in [-0.15, -0.1) is 0 Å². The highest BCUT2D eigenvalue weighted by Gasteiger charge is 2.10. The highest BCUT2D eigenvalue weighted by molar-refractivity contribution is 5.82. The zero-order valence-electron chi connectivity index (χ0n) is 27.4. The molecule has 0 aliphatic heterocycles. The summed E-state index contributed by atoms with van der Waals surface area (Å²) in [6.07, 6.45) is 12.5. The van der Waals surface area contributed by atoms with Gasteiger partial charge in [-0.3, -0.25) is 0 Å². The number of aryl methyl sites for hydroxylation is 2. The smallest absolute Gasteiger partial charge is 0.0815 e. The summed E-state index contributed by atoms with van der Waals surface area (Å²) < 4.78 is 13.4. The Morgan fingerprint density at radius 3 is 1.93 bits per heavy atom. The lowest BCUT2D eigenvalue weighted by molar-refractivity contribution is 0.367. The molecule has 0 fully saturated rings. The van der Waals surface area contributed by atoms with Crippen molar-refractivity contribution in [3.05, 3.63) is 118 Å². The van der Waals surface area contributed by atoms with Crippen molar-refractivity contribution in [2.24, 2.45) is 5.92 Å². The predicted octanol–water partition coefficient (Wildman–Crippen LogP) is 12.1. The van der Waals surface area contributed by atoms with Gasteiger partial charge in [0.2, 0.25) is 0 Å². The summed E-state index contributed by atoms with van der Waals surface area (Å²) in [5, 5.41) is 7.72. The van der Waals surface area contributed by atoms with Gasteiger partial charge in [0.1, 0.15) is 0 Å². The second-order valence-electron chi connectivity index (χ2n) is 9.56. The first-order chi connectivity index (χ1) is 19.9. The van der Waals surface area contributed by atoms with Gasteiger partial charge < -0.3 is 5.41 Å². The molecule has 0 atom stereocenters. The van der Waals surface area contributed by atoms with Crippen LogP contribution in [0.1, 0.15) is 91.5 Å². The van der Waals surface area contributed by atoms with E-state index in [4.69, 9.17) is 5.41 Å². The van der Waals surface area contributed by atoms with Crippen LogP contribution in [0, 0.1) is 25.2 Å². The van der Waals surface area contributed by atoms with Crippen molar-refractivity contribution in [3.63, 3.8) is 0 Å². The van der Waals surface area contributed by atoms with E-state index in [1.165, 1.54) is 29.3 Å². The van der Waals surface area contributed by atoms with E-state index in [0.717, 1.165) is 36.3 Å². The molecular weight excluding hydrogens is 503 g/mol. The fourth-order valence-corrected chi connectivity index (χ4v) is 4.30. The van der Waals surface area contributed by atoms with Crippen LogP contribution in [0.2, 0.25) is 0 Å². The predicted molar refractivity (Wildman–Crippen MR) is 182 cm³/mol. The van der Waals surface area contributed by atoms with Crippen molar-refractivity contribution in [1.29, 1.82) is 5.41 Å². The molecule has 1 aromatic heterocycles. The minimum Gasteiger partial charge on any atom is -0.308 e. The summed E-state index contributed by atoms with van der Waals surface area (Å²) in [5.41, 5.74) is 8.71. The molecule has 0 spiro atoms. The van der Waals surface area contributed by atoms with Gasteiger partial charge in [-0.2, -0.15) is 4.79 Å². The van der Waals surface area contributed by atoms with Crippen LogP contribution >= 0.6 is 0 Å². The molecule has 224 valence electrons. The number of benzene rings is 2. The van der Waals surface area contributed by atoms with Crippen molar-refractivity contribution in [1.82, 2.24) is 4.79 Å². The third-order valence-corrected chi connectivity index (χ3v) is 6.31. The molecule has 0 radical (unpaired) electrons. The number of nitrogens with one attached hydrogen (secondary N) is 1. The van der Waals surface area contributed by atoms with Gasteiger partial charge in [0.15, 0.2) is 0 Å². The number of halogens is 1. The highest BCUT2D eigenvalue weighted by atomic mass is 19.2. The van der Waals surface area contributed by atoms with Crippen molar-refractivity contribution in [2.75, 3.05) is 0 Å². The van der Waals surface area contributed by atoms with Crippen LogP contribution in [-0.2, 0) is 6.42 Å². The third kappa shape index (κ3) is 13.2. The maximum absolute atomic E-state index is 13.4. The Morgan fingerprint density at radius 2 is 1.44 bits per heavy atom. The molecule has 3 heteroatoms. The minimum absolute atomic E-state index is 0.609. The van der Waals surface area contributed by atoms with Crippen LogP contribution in [0.25, 0.3) is 11.3 Å². The molecule has 0 saturated carbocycles. The molecule has 1 N–H and O–H groups in total. The van der Waals surface area contributed by atoms with Crippen LogP contribution in [-0.4, -0.2) is 11.0 Å². The molecule has 2 nitrogen and oxygen atoms in total. The Labute approximate surface area is 251 Å². The van der Waals surface area contributed by atoms with E-state index in [0.29, 0.717) is 16.2 Å². The van der Waals surface area contributed by atoms with Gasteiger partial charge in [0, 0.05) is 17.5 Å². The first-order valence-corrected chi connectivity index (χ1v) is 15.4. The molecule has 1 aliphatic carbocycles. The lowest BCUT2D eigenvalue weighted by Gasteiger charge is -2.17. The van der Waals surface area contributed by atoms with E-state index in [9.17, 15) is 4.48 Å². The number of hydrogen-bond acceptors (Lipinski definition) is 1. The lowest BCUT2D eigenvalue weighted by Crippen LogP contribution is -2.01. The molecule has 41 heavy (non-hydrogen) atoms. The molecule has 4 rings (SSSR count).